The SMILES string of the molecule is Cc1ccc(CN2CCc3cc(-c4cnc5[nH]cc(C)c5c4)cc([C@@H]4CCCN4C(=O)OC(C)(C)C)c3C2)nc1. The Kier molecular flexibility index (Phi) is 6.87. The number of benzene rings is 1. The average molecular weight is 538 g/mol. The molecule has 2 aliphatic heterocycles. The predicted octanol–water partition coefficient (Wildman–Crippen LogP) is 6.87. The van der Waals surface area contributed by atoms with Gasteiger partial charge < -0.3 is 14.6 Å². The summed E-state index contributed by atoms with van der Waals surface area (Å²) >= 11 is 0. The largest absolute Gasteiger partial charge is 0.444 e. The summed E-state index contributed by atoms with van der Waals surface area (Å²) < 4.78 is 5.85. The molecule has 0 radical (unpaired) electrons. The van der Waals surface area contributed by atoms with Gasteiger partial charge >= 0.3 is 6.09 Å². The lowest BCUT2D eigenvalue weighted by Gasteiger charge is -2.34. The second kappa shape index (κ2) is 10.4. The Morgan fingerprint density at radius 1 is 1.07 bits per heavy atom. The van der Waals surface area contributed by atoms with E-state index in [-0.39, 0.29) is 12.1 Å². The number of rotatable bonds is 4. The Morgan fingerprint density at radius 3 is 2.70 bits per heavy atom. The van der Waals surface area contributed by atoms with Crippen LogP contribution in [0.1, 0.15) is 73.2 Å². The van der Waals surface area contributed by atoms with Crippen LogP contribution in [0, 0.1) is 13.8 Å². The summed E-state index contributed by atoms with van der Waals surface area (Å²) in [5.41, 5.74) is 10.0. The molecule has 40 heavy (non-hydrogen) atoms. The highest BCUT2D eigenvalue weighted by atomic mass is 16.6. The minimum atomic E-state index is -0.529. The van der Waals surface area contributed by atoms with Crippen molar-refractivity contribution in [1.82, 2.24) is 24.8 Å². The highest BCUT2D eigenvalue weighted by Gasteiger charge is 2.36. The Morgan fingerprint density at radius 2 is 1.93 bits per heavy atom. The first kappa shape index (κ1) is 26.5. The van der Waals surface area contributed by atoms with Crippen molar-refractivity contribution in [2.45, 2.75) is 78.6 Å². The van der Waals surface area contributed by atoms with Gasteiger partial charge in [0.05, 0.1) is 11.7 Å². The number of hydrogen-bond donors (Lipinski definition) is 1. The number of fused-ring (bicyclic) bond motifs is 2. The molecule has 1 fully saturated rings. The summed E-state index contributed by atoms with van der Waals surface area (Å²) in [4.78, 5) is 30.4. The van der Waals surface area contributed by atoms with Crippen LogP contribution in [0.2, 0.25) is 0 Å². The Labute approximate surface area is 236 Å². The van der Waals surface area contributed by atoms with Crippen molar-refractivity contribution in [2.24, 2.45) is 0 Å². The van der Waals surface area contributed by atoms with E-state index in [9.17, 15) is 4.79 Å². The zero-order valence-corrected chi connectivity index (χ0v) is 24.3. The number of likely N-dealkylation sites (tertiary alicyclic amines) is 1. The van der Waals surface area contributed by atoms with Gasteiger partial charge in [-0.3, -0.25) is 9.88 Å². The first-order chi connectivity index (χ1) is 19.1. The van der Waals surface area contributed by atoms with Gasteiger partial charge in [0, 0.05) is 55.7 Å². The monoisotopic (exact) mass is 537 g/mol. The van der Waals surface area contributed by atoms with Crippen molar-refractivity contribution in [3.63, 3.8) is 0 Å². The van der Waals surface area contributed by atoms with Gasteiger partial charge in [-0.05, 0) is 105 Å². The summed E-state index contributed by atoms with van der Waals surface area (Å²) in [5.74, 6) is 0. The van der Waals surface area contributed by atoms with Crippen LogP contribution in [0.3, 0.4) is 0 Å². The molecule has 7 nitrogen and oxygen atoms in total. The zero-order valence-electron chi connectivity index (χ0n) is 24.3. The van der Waals surface area contributed by atoms with E-state index in [1.54, 1.807) is 0 Å². The fourth-order valence-electron chi connectivity index (χ4n) is 6.10. The van der Waals surface area contributed by atoms with E-state index in [0.29, 0.717) is 6.54 Å². The molecule has 1 saturated heterocycles. The number of hydrogen-bond acceptors (Lipinski definition) is 5. The van der Waals surface area contributed by atoms with E-state index in [0.717, 1.165) is 66.8 Å². The van der Waals surface area contributed by atoms with Crippen molar-refractivity contribution >= 4 is 17.1 Å². The molecule has 0 aliphatic carbocycles. The Balaban J connectivity index is 1.39. The summed E-state index contributed by atoms with van der Waals surface area (Å²) in [6, 6.07) is 11.1. The van der Waals surface area contributed by atoms with Crippen molar-refractivity contribution in [1.29, 1.82) is 0 Å². The smallest absolute Gasteiger partial charge is 0.410 e. The van der Waals surface area contributed by atoms with Gasteiger partial charge in [0.25, 0.3) is 0 Å². The molecule has 4 aromatic rings. The van der Waals surface area contributed by atoms with Gasteiger partial charge in [0.2, 0.25) is 0 Å². The van der Waals surface area contributed by atoms with Gasteiger partial charge in [-0.25, -0.2) is 9.78 Å². The highest BCUT2D eigenvalue weighted by Crippen LogP contribution is 2.40. The lowest BCUT2D eigenvalue weighted by atomic mass is 9.86. The third-order valence-corrected chi connectivity index (χ3v) is 8.13. The first-order valence-corrected chi connectivity index (χ1v) is 14.4. The molecule has 0 spiro atoms. The van der Waals surface area contributed by atoms with E-state index in [1.165, 1.54) is 27.8 Å². The molecule has 7 heteroatoms. The molecule has 1 N–H and O–H groups in total. The third-order valence-electron chi connectivity index (χ3n) is 8.13. The van der Waals surface area contributed by atoms with Crippen LogP contribution in [-0.4, -0.2) is 49.5 Å². The number of carbonyl (C=O) groups is 1. The summed E-state index contributed by atoms with van der Waals surface area (Å²) in [7, 11) is 0. The molecular formula is C33H39N5O2. The van der Waals surface area contributed by atoms with Gasteiger partial charge in [-0.1, -0.05) is 12.1 Å². The minimum absolute atomic E-state index is 0.00770. The summed E-state index contributed by atoms with van der Waals surface area (Å²) in [6.45, 7) is 13.3. The van der Waals surface area contributed by atoms with Crippen LogP contribution in [0.5, 0.6) is 0 Å². The van der Waals surface area contributed by atoms with E-state index >= 15 is 0 Å². The molecule has 3 aromatic heterocycles. The van der Waals surface area contributed by atoms with Gasteiger partial charge in [-0.2, -0.15) is 0 Å². The van der Waals surface area contributed by atoms with Gasteiger partial charge in [0.15, 0.2) is 0 Å². The number of aromatic nitrogens is 3. The maximum Gasteiger partial charge on any atom is 0.410 e. The normalized spacial score (nSPS) is 17.8. The molecule has 1 atom stereocenters. The van der Waals surface area contributed by atoms with E-state index in [4.69, 9.17) is 9.72 Å². The van der Waals surface area contributed by atoms with E-state index in [2.05, 4.69) is 59.0 Å². The van der Waals surface area contributed by atoms with Crippen molar-refractivity contribution in [3.05, 3.63) is 82.4 Å². The van der Waals surface area contributed by atoms with Crippen LogP contribution in [0.15, 0.2) is 48.9 Å². The average Bonchev–Trinajstić information content (AvgIpc) is 3.55. The molecule has 0 saturated carbocycles. The first-order valence-electron chi connectivity index (χ1n) is 14.4. The van der Waals surface area contributed by atoms with Crippen LogP contribution >= 0.6 is 0 Å². The molecule has 6 rings (SSSR count). The fraction of sp³-hybridized carbons (Fsp3) is 0.424. The van der Waals surface area contributed by atoms with Gasteiger partial charge in [0.1, 0.15) is 11.2 Å². The zero-order chi connectivity index (χ0) is 28.0. The number of amides is 1. The van der Waals surface area contributed by atoms with Crippen LogP contribution in [-0.2, 0) is 24.2 Å². The molecule has 1 amide bonds. The van der Waals surface area contributed by atoms with Crippen molar-refractivity contribution in [3.8, 4) is 11.1 Å². The number of nitrogens with one attached hydrogen (secondary N) is 1. The van der Waals surface area contributed by atoms with E-state index in [1.807, 2.05) is 44.3 Å². The molecule has 5 heterocycles. The summed E-state index contributed by atoms with van der Waals surface area (Å²) in [5, 5.41) is 1.14. The molecule has 2 aliphatic rings. The summed E-state index contributed by atoms with van der Waals surface area (Å²) in [6.07, 6.45) is 8.55. The highest BCUT2D eigenvalue weighted by molar-refractivity contribution is 5.84. The lowest BCUT2D eigenvalue weighted by molar-refractivity contribution is 0.0223. The third kappa shape index (κ3) is 5.35. The maximum absolute atomic E-state index is 13.3. The maximum atomic E-state index is 13.3. The number of nitrogens with zero attached hydrogens (tertiary/aromatic N) is 4. The lowest BCUT2D eigenvalue weighted by Crippen LogP contribution is -2.37. The van der Waals surface area contributed by atoms with Crippen molar-refractivity contribution < 1.29 is 9.53 Å². The topological polar surface area (TPSA) is 74.4 Å². The Bertz CT molecular complexity index is 1550. The van der Waals surface area contributed by atoms with Crippen LogP contribution in [0.4, 0.5) is 4.79 Å². The minimum Gasteiger partial charge on any atom is -0.444 e. The molecular weight excluding hydrogens is 498 g/mol. The Hall–Kier alpha value is -3.71. The van der Waals surface area contributed by atoms with Crippen LogP contribution < -0.4 is 0 Å². The predicted molar refractivity (Wildman–Crippen MR) is 158 cm³/mol. The van der Waals surface area contributed by atoms with E-state index < -0.39 is 5.60 Å². The molecule has 208 valence electrons. The fourth-order valence-corrected chi connectivity index (χ4v) is 6.10. The second-order valence-corrected chi connectivity index (χ2v) is 12.4. The molecule has 0 unspecified atom stereocenters. The number of H-pyrrole nitrogens is 1. The standard InChI is InChI=1S/C33H39N5O2/c1-21-8-9-26(34-16-21)19-37-12-10-23-13-24(25-15-27-22(2)17-35-31(27)36-18-25)14-28(29(23)20-37)30-7-6-11-38(30)32(39)40-33(3,4)5/h8-9,13-18,30H,6-7,10-12,19-20H2,1-5H3,(H,35,36)/t30-/m0/s1. The molecule has 1 aromatic carbocycles. The number of aromatic amines is 1. The number of pyridine rings is 2. The van der Waals surface area contributed by atoms with Crippen molar-refractivity contribution in [2.75, 3.05) is 13.1 Å². The number of carbonyl (C=O) groups excluding carboxylic acids is 1. The molecule has 0 bridgehead atoms. The van der Waals surface area contributed by atoms with Gasteiger partial charge in [-0.15, -0.1) is 0 Å². The van der Waals surface area contributed by atoms with Crippen LogP contribution in [0.25, 0.3) is 22.2 Å². The second-order valence-electron chi connectivity index (χ2n) is 12.4. The number of aryl methyl sites for hydroxylation is 2. The quantitative estimate of drug-likeness (QED) is 0.307. The number of ether oxygens (including phenoxy) is 1.